The summed E-state index contributed by atoms with van der Waals surface area (Å²) in [5.74, 6) is 0.555. The molecule has 0 unspecified atom stereocenters. The number of nitrogens with one attached hydrogen (secondary N) is 1. The summed E-state index contributed by atoms with van der Waals surface area (Å²) in [6, 6.07) is 25.9. The molecule has 1 saturated heterocycles. The summed E-state index contributed by atoms with van der Waals surface area (Å²) in [5.41, 5.74) is 4.00. The molecule has 1 aliphatic rings. The van der Waals surface area contributed by atoms with E-state index < -0.39 is 0 Å². The third kappa shape index (κ3) is 5.01. The van der Waals surface area contributed by atoms with Gasteiger partial charge in [-0.3, -0.25) is 4.79 Å². The molecule has 1 heterocycles. The van der Waals surface area contributed by atoms with E-state index in [2.05, 4.69) is 16.3 Å². The quantitative estimate of drug-likeness (QED) is 0.573. The number of hydrogen-bond acceptors (Lipinski definition) is 3. The number of ether oxygens (including phenoxy) is 1. The van der Waals surface area contributed by atoms with Gasteiger partial charge in [0.05, 0.1) is 11.4 Å². The molecule has 1 N–H and O–H groups in total. The van der Waals surface area contributed by atoms with Crippen molar-refractivity contribution in [1.82, 2.24) is 0 Å². The van der Waals surface area contributed by atoms with Crippen LogP contribution in [0.4, 0.5) is 11.4 Å². The van der Waals surface area contributed by atoms with E-state index in [1.54, 1.807) is 0 Å². The van der Waals surface area contributed by atoms with E-state index in [9.17, 15) is 4.79 Å². The Labute approximate surface area is 178 Å². The molecule has 1 fully saturated rings. The standard InChI is InChI=1S/C26H28N2O2/c29-26(20-30-25-17-9-6-14-22(25)21-12-4-3-5-13-21)27-23-15-7-8-16-24(23)28-18-10-1-2-11-19-28/h3-9,12-17H,1-2,10-11,18-20H2,(H,27,29). The Bertz CT molecular complexity index is 964. The number of amides is 1. The van der Waals surface area contributed by atoms with Gasteiger partial charge in [0.15, 0.2) is 6.61 Å². The van der Waals surface area contributed by atoms with Crippen LogP contribution in [0.2, 0.25) is 0 Å². The molecule has 0 aromatic heterocycles. The first-order valence-corrected chi connectivity index (χ1v) is 10.7. The van der Waals surface area contributed by atoms with E-state index in [1.165, 1.54) is 25.7 Å². The highest BCUT2D eigenvalue weighted by Gasteiger charge is 2.15. The van der Waals surface area contributed by atoms with Gasteiger partial charge in [-0.05, 0) is 36.6 Å². The van der Waals surface area contributed by atoms with Crippen LogP contribution in [0, 0.1) is 0 Å². The number of benzene rings is 3. The number of anilines is 2. The van der Waals surface area contributed by atoms with E-state index in [0.29, 0.717) is 5.75 Å². The van der Waals surface area contributed by atoms with Gasteiger partial charge in [0.2, 0.25) is 0 Å². The molecule has 3 aromatic carbocycles. The molecule has 3 aromatic rings. The van der Waals surface area contributed by atoms with Crippen molar-refractivity contribution in [2.45, 2.75) is 25.7 Å². The smallest absolute Gasteiger partial charge is 0.262 e. The lowest BCUT2D eigenvalue weighted by atomic mass is 10.1. The second-order valence-corrected chi connectivity index (χ2v) is 7.62. The fourth-order valence-electron chi connectivity index (χ4n) is 3.94. The molecule has 4 nitrogen and oxygen atoms in total. The van der Waals surface area contributed by atoms with Crippen molar-refractivity contribution in [3.8, 4) is 16.9 Å². The maximum Gasteiger partial charge on any atom is 0.262 e. The largest absolute Gasteiger partial charge is 0.483 e. The zero-order valence-electron chi connectivity index (χ0n) is 17.2. The van der Waals surface area contributed by atoms with Gasteiger partial charge in [0.25, 0.3) is 5.91 Å². The summed E-state index contributed by atoms with van der Waals surface area (Å²) in [6.45, 7) is 2.04. The lowest BCUT2D eigenvalue weighted by molar-refractivity contribution is -0.118. The van der Waals surface area contributed by atoms with Crippen LogP contribution in [-0.2, 0) is 4.79 Å². The van der Waals surface area contributed by atoms with Crippen molar-refractivity contribution in [2.24, 2.45) is 0 Å². The zero-order chi connectivity index (χ0) is 20.6. The predicted molar refractivity (Wildman–Crippen MR) is 123 cm³/mol. The first-order chi connectivity index (χ1) is 14.8. The van der Waals surface area contributed by atoms with Crippen LogP contribution in [0.25, 0.3) is 11.1 Å². The molecule has 0 spiro atoms. The number of carbonyl (C=O) groups is 1. The van der Waals surface area contributed by atoms with Crippen LogP contribution in [0.5, 0.6) is 5.75 Å². The lowest BCUT2D eigenvalue weighted by Crippen LogP contribution is -2.27. The Hall–Kier alpha value is -3.27. The van der Waals surface area contributed by atoms with Gasteiger partial charge in [-0.1, -0.05) is 73.5 Å². The molecule has 0 bridgehead atoms. The highest BCUT2D eigenvalue weighted by molar-refractivity contribution is 5.95. The van der Waals surface area contributed by atoms with Crippen molar-refractivity contribution in [2.75, 3.05) is 29.9 Å². The molecular formula is C26H28N2O2. The third-order valence-corrected chi connectivity index (χ3v) is 5.46. The summed E-state index contributed by atoms with van der Waals surface area (Å²) >= 11 is 0. The molecule has 1 amide bonds. The van der Waals surface area contributed by atoms with Crippen molar-refractivity contribution < 1.29 is 9.53 Å². The third-order valence-electron chi connectivity index (χ3n) is 5.46. The Morgan fingerprint density at radius 3 is 2.27 bits per heavy atom. The Morgan fingerprint density at radius 2 is 1.47 bits per heavy atom. The van der Waals surface area contributed by atoms with Crippen molar-refractivity contribution in [3.63, 3.8) is 0 Å². The maximum atomic E-state index is 12.7. The van der Waals surface area contributed by atoms with E-state index in [-0.39, 0.29) is 12.5 Å². The summed E-state index contributed by atoms with van der Waals surface area (Å²) in [5, 5.41) is 3.05. The first-order valence-electron chi connectivity index (χ1n) is 10.7. The summed E-state index contributed by atoms with van der Waals surface area (Å²) < 4.78 is 5.91. The van der Waals surface area contributed by atoms with Crippen molar-refractivity contribution in [3.05, 3.63) is 78.9 Å². The highest BCUT2D eigenvalue weighted by Crippen LogP contribution is 2.30. The van der Waals surface area contributed by atoms with E-state index in [0.717, 1.165) is 35.6 Å². The van der Waals surface area contributed by atoms with E-state index in [4.69, 9.17) is 4.74 Å². The fraction of sp³-hybridized carbons (Fsp3) is 0.269. The van der Waals surface area contributed by atoms with Gasteiger partial charge >= 0.3 is 0 Å². The maximum absolute atomic E-state index is 12.7. The van der Waals surface area contributed by atoms with Gasteiger partial charge in [-0.2, -0.15) is 0 Å². The average molecular weight is 401 g/mol. The summed E-state index contributed by atoms with van der Waals surface area (Å²) in [6.07, 6.45) is 4.95. The van der Waals surface area contributed by atoms with Gasteiger partial charge in [0, 0.05) is 18.7 Å². The second-order valence-electron chi connectivity index (χ2n) is 7.62. The summed E-state index contributed by atoms with van der Waals surface area (Å²) in [4.78, 5) is 15.1. The Morgan fingerprint density at radius 1 is 0.800 bits per heavy atom. The van der Waals surface area contributed by atoms with Crippen LogP contribution in [0.1, 0.15) is 25.7 Å². The minimum Gasteiger partial charge on any atom is -0.483 e. The molecule has 1 aliphatic heterocycles. The number of carbonyl (C=O) groups excluding carboxylic acids is 1. The van der Waals surface area contributed by atoms with Gasteiger partial charge in [0.1, 0.15) is 5.75 Å². The van der Waals surface area contributed by atoms with Crippen LogP contribution < -0.4 is 15.0 Å². The van der Waals surface area contributed by atoms with Crippen LogP contribution in [-0.4, -0.2) is 25.6 Å². The first kappa shape index (κ1) is 20.0. The molecule has 154 valence electrons. The number of rotatable bonds is 6. The Kier molecular flexibility index (Phi) is 6.65. The minimum atomic E-state index is -0.153. The molecule has 4 heteroatoms. The molecule has 0 aliphatic carbocycles. The monoisotopic (exact) mass is 400 g/mol. The van der Waals surface area contributed by atoms with Gasteiger partial charge in [-0.15, -0.1) is 0 Å². The van der Waals surface area contributed by atoms with Crippen LogP contribution in [0.3, 0.4) is 0 Å². The minimum absolute atomic E-state index is 0.0296. The fourth-order valence-corrected chi connectivity index (χ4v) is 3.94. The molecule has 30 heavy (non-hydrogen) atoms. The van der Waals surface area contributed by atoms with Crippen LogP contribution >= 0.6 is 0 Å². The molecule has 0 radical (unpaired) electrons. The van der Waals surface area contributed by atoms with Crippen LogP contribution in [0.15, 0.2) is 78.9 Å². The Balaban J connectivity index is 1.43. The van der Waals surface area contributed by atoms with E-state index >= 15 is 0 Å². The van der Waals surface area contributed by atoms with Gasteiger partial charge < -0.3 is 15.0 Å². The highest BCUT2D eigenvalue weighted by atomic mass is 16.5. The van der Waals surface area contributed by atoms with Gasteiger partial charge in [-0.25, -0.2) is 0 Å². The molecular weight excluding hydrogens is 372 g/mol. The molecule has 0 saturated carbocycles. The number of nitrogens with zero attached hydrogens (tertiary/aromatic N) is 1. The average Bonchev–Trinajstić information content (AvgIpc) is 3.08. The topological polar surface area (TPSA) is 41.6 Å². The number of para-hydroxylation sites is 3. The number of hydrogen-bond donors (Lipinski definition) is 1. The zero-order valence-corrected chi connectivity index (χ0v) is 17.2. The molecule has 4 rings (SSSR count). The van der Waals surface area contributed by atoms with Crippen molar-refractivity contribution in [1.29, 1.82) is 0 Å². The normalized spacial score (nSPS) is 14.1. The second kappa shape index (κ2) is 9.97. The van der Waals surface area contributed by atoms with Crippen molar-refractivity contribution >= 4 is 17.3 Å². The van der Waals surface area contributed by atoms with E-state index in [1.807, 2.05) is 72.8 Å². The molecule has 0 atom stereocenters. The lowest BCUT2D eigenvalue weighted by Gasteiger charge is -2.25. The summed E-state index contributed by atoms with van der Waals surface area (Å²) in [7, 11) is 0. The SMILES string of the molecule is O=C(COc1ccccc1-c1ccccc1)Nc1ccccc1N1CCCCCC1. The predicted octanol–water partition coefficient (Wildman–Crippen LogP) is 5.75.